The van der Waals surface area contributed by atoms with Crippen LogP contribution >= 0.6 is 0 Å². The van der Waals surface area contributed by atoms with Gasteiger partial charge in [-0.1, -0.05) is 6.92 Å². The summed E-state index contributed by atoms with van der Waals surface area (Å²) in [7, 11) is 0. The predicted molar refractivity (Wildman–Crippen MR) is 61.0 cm³/mol. The fourth-order valence-corrected chi connectivity index (χ4v) is 2.20. The van der Waals surface area contributed by atoms with Crippen LogP contribution in [0.5, 0.6) is 0 Å². The molecule has 2 rings (SSSR count). The van der Waals surface area contributed by atoms with Crippen LogP contribution in [0.1, 0.15) is 31.4 Å². The van der Waals surface area contributed by atoms with Crippen molar-refractivity contribution in [1.29, 1.82) is 0 Å². The number of hydrogen-bond donors (Lipinski definition) is 2. The molecule has 1 aliphatic rings. The molecule has 2 heterocycles. The van der Waals surface area contributed by atoms with Gasteiger partial charge >= 0.3 is 0 Å². The van der Waals surface area contributed by atoms with Gasteiger partial charge < -0.3 is 10.1 Å². The molecule has 90 valence electrons. The molecular weight excluding hydrogens is 204 g/mol. The standard InChI is InChI=1S/C11H20N4O/c1-3-10(9-4-5-16-7-9)12-6-11-13-8(2)14-15-11/h9-10,12H,3-7H2,1-2H3,(H,13,14,15). The SMILES string of the molecule is CCC(NCc1n[nH]c(C)n1)C1CCOC1. The first-order valence-corrected chi connectivity index (χ1v) is 5.98. The number of rotatable bonds is 5. The van der Waals surface area contributed by atoms with E-state index in [4.69, 9.17) is 4.74 Å². The first-order chi connectivity index (χ1) is 7.79. The number of nitrogens with one attached hydrogen (secondary N) is 2. The van der Waals surface area contributed by atoms with Gasteiger partial charge in [0.2, 0.25) is 0 Å². The number of H-pyrrole nitrogens is 1. The van der Waals surface area contributed by atoms with Gasteiger partial charge in [-0.25, -0.2) is 4.98 Å². The second-order valence-electron chi connectivity index (χ2n) is 4.36. The Labute approximate surface area is 96.0 Å². The van der Waals surface area contributed by atoms with Crippen molar-refractivity contribution in [2.75, 3.05) is 13.2 Å². The van der Waals surface area contributed by atoms with E-state index in [0.29, 0.717) is 12.0 Å². The van der Waals surface area contributed by atoms with E-state index in [1.807, 2.05) is 6.92 Å². The van der Waals surface area contributed by atoms with E-state index in [1.54, 1.807) is 0 Å². The smallest absolute Gasteiger partial charge is 0.164 e. The second-order valence-corrected chi connectivity index (χ2v) is 4.36. The van der Waals surface area contributed by atoms with Crippen LogP contribution < -0.4 is 5.32 Å². The molecule has 1 fully saturated rings. The average molecular weight is 224 g/mol. The summed E-state index contributed by atoms with van der Waals surface area (Å²) in [6.07, 6.45) is 2.29. The van der Waals surface area contributed by atoms with Crippen molar-refractivity contribution in [3.05, 3.63) is 11.6 Å². The lowest BCUT2D eigenvalue weighted by atomic mass is 9.97. The average Bonchev–Trinajstić information content (AvgIpc) is 2.91. The molecule has 5 heteroatoms. The van der Waals surface area contributed by atoms with Crippen LogP contribution in [-0.4, -0.2) is 34.4 Å². The molecule has 0 radical (unpaired) electrons. The molecule has 2 atom stereocenters. The summed E-state index contributed by atoms with van der Waals surface area (Å²) in [5.41, 5.74) is 0. The molecular formula is C11H20N4O. The Morgan fingerprint density at radius 1 is 1.62 bits per heavy atom. The molecule has 1 aromatic heterocycles. The van der Waals surface area contributed by atoms with E-state index in [0.717, 1.165) is 37.8 Å². The maximum Gasteiger partial charge on any atom is 0.164 e. The van der Waals surface area contributed by atoms with Gasteiger partial charge in [0.25, 0.3) is 0 Å². The molecule has 1 saturated heterocycles. The second kappa shape index (κ2) is 5.41. The monoisotopic (exact) mass is 224 g/mol. The summed E-state index contributed by atoms with van der Waals surface area (Å²) in [5.74, 6) is 2.36. The highest BCUT2D eigenvalue weighted by molar-refractivity contribution is 4.88. The van der Waals surface area contributed by atoms with Gasteiger partial charge in [-0.05, 0) is 25.7 Å². The molecule has 5 nitrogen and oxygen atoms in total. The summed E-state index contributed by atoms with van der Waals surface area (Å²) in [6, 6.07) is 0.515. The first-order valence-electron chi connectivity index (χ1n) is 5.98. The highest BCUT2D eigenvalue weighted by atomic mass is 16.5. The molecule has 2 unspecified atom stereocenters. The molecule has 0 aliphatic carbocycles. The largest absolute Gasteiger partial charge is 0.381 e. The number of nitrogens with zero attached hydrogens (tertiary/aromatic N) is 2. The third kappa shape index (κ3) is 2.80. The normalized spacial score (nSPS) is 22.5. The summed E-state index contributed by atoms with van der Waals surface area (Å²) >= 11 is 0. The van der Waals surface area contributed by atoms with Crippen LogP contribution in [0.15, 0.2) is 0 Å². The molecule has 1 aromatic rings. The van der Waals surface area contributed by atoms with E-state index in [9.17, 15) is 0 Å². The van der Waals surface area contributed by atoms with Gasteiger partial charge in [0, 0.05) is 12.6 Å². The lowest BCUT2D eigenvalue weighted by molar-refractivity contribution is 0.175. The zero-order valence-electron chi connectivity index (χ0n) is 9.99. The van der Waals surface area contributed by atoms with Crippen LogP contribution in [-0.2, 0) is 11.3 Å². The topological polar surface area (TPSA) is 62.8 Å². The predicted octanol–water partition coefficient (Wildman–Crippen LogP) is 1.02. The van der Waals surface area contributed by atoms with Gasteiger partial charge in [-0.15, -0.1) is 0 Å². The number of ether oxygens (including phenoxy) is 1. The zero-order chi connectivity index (χ0) is 11.4. The quantitative estimate of drug-likeness (QED) is 0.783. The molecule has 2 N–H and O–H groups in total. The summed E-state index contributed by atoms with van der Waals surface area (Å²) < 4.78 is 5.42. The molecule has 0 bridgehead atoms. The molecule has 1 aliphatic heterocycles. The van der Waals surface area contributed by atoms with E-state index >= 15 is 0 Å². The zero-order valence-corrected chi connectivity index (χ0v) is 9.99. The van der Waals surface area contributed by atoms with E-state index in [2.05, 4.69) is 27.4 Å². The fourth-order valence-electron chi connectivity index (χ4n) is 2.20. The van der Waals surface area contributed by atoms with Gasteiger partial charge in [-0.2, -0.15) is 5.10 Å². The van der Waals surface area contributed by atoms with Crippen LogP contribution in [0.25, 0.3) is 0 Å². The Morgan fingerprint density at radius 3 is 3.06 bits per heavy atom. The number of aryl methyl sites for hydroxylation is 1. The molecule has 0 aromatic carbocycles. The Kier molecular flexibility index (Phi) is 3.90. The Bertz CT molecular complexity index is 320. The van der Waals surface area contributed by atoms with E-state index in [-0.39, 0.29) is 0 Å². The number of aromatic nitrogens is 3. The van der Waals surface area contributed by atoms with Crippen molar-refractivity contribution < 1.29 is 4.74 Å². The summed E-state index contributed by atoms with van der Waals surface area (Å²) in [4.78, 5) is 4.28. The van der Waals surface area contributed by atoms with Crippen molar-refractivity contribution in [3.63, 3.8) is 0 Å². The van der Waals surface area contributed by atoms with Crippen molar-refractivity contribution in [2.24, 2.45) is 5.92 Å². The van der Waals surface area contributed by atoms with E-state index < -0.39 is 0 Å². The number of hydrogen-bond acceptors (Lipinski definition) is 4. The molecule has 0 amide bonds. The maximum absolute atomic E-state index is 5.42. The van der Waals surface area contributed by atoms with Crippen LogP contribution in [0.3, 0.4) is 0 Å². The highest BCUT2D eigenvalue weighted by Gasteiger charge is 2.24. The highest BCUT2D eigenvalue weighted by Crippen LogP contribution is 2.18. The van der Waals surface area contributed by atoms with Crippen molar-refractivity contribution in [3.8, 4) is 0 Å². The maximum atomic E-state index is 5.42. The minimum Gasteiger partial charge on any atom is -0.381 e. The molecule has 16 heavy (non-hydrogen) atoms. The lowest BCUT2D eigenvalue weighted by Crippen LogP contribution is -2.35. The van der Waals surface area contributed by atoms with Crippen LogP contribution in [0.4, 0.5) is 0 Å². The van der Waals surface area contributed by atoms with Crippen LogP contribution in [0.2, 0.25) is 0 Å². The van der Waals surface area contributed by atoms with Crippen molar-refractivity contribution in [2.45, 2.75) is 39.3 Å². The fraction of sp³-hybridized carbons (Fsp3) is 0.818. The van der Waals surface area contributed by atoms with Crippen molar-refractivity contribution >= 4 is 0 Å². The first kappa shape index (κ1) is 11.5. The minimum absolute atomic E-state index is 0.515. The van der Waals surface area contributed by atoms with Gasteiger partial charge in [0.1, 0.15) is 5.82 Å². The van der Waals surface area contributed by atoms with Crippen LogP contribution in [0, 0.1) is 12.8 Å². The van der Waals surface area contributed by atoms with E-state index in [1.165, 1.54) is 6.42 Å². The third-order valence-corrected chi connectivity index (χ3v) is 3.14. The molecule has 0 saturated carbocycles. The van der Waals surface area contributed by atoms with Crippen molar-refractivity contribution in [1.82, 2.24) is 20.5 Å². The minimum atomic E-state index is 0.515. The lowest BCUT2D eigenvalue weighted by Gasteiger charge is -2.21. The summed E-state index contributed by atoms with van der Waals surface area (Å²) in [6.45, 7) is 6.65. The third-order valence-electron chi connectivity index (χ3n) is 3.14. The Hall–Kier alpha value is -0.940. The van der Waals surface area contributed by atoms with Gasteiger partial charge in [0.15, 0.2) is 5.82 Å². The molecule has 0 spiro atoms. The van der Waals surface area contributed by atoms with Gasteiger partial charge in [-0.3, -0.25) is 5.10 Å². The van der Waals surface area contributed by atoms with Gasteiger partial charge in [0.05, 0.1) is 13.2 Å². The summed E-state index contributed by atoms with van der Waals surface area (Å²) in [5, 5.41) is 10.5. The Balaban J connectivity index is 1.82. The Morgan fingerprint density at radius 2 is 2.50 bits per heavy atom. The number of aromatic amines is 1.